The third-order valence-corrected chi connectivity index (χ3v) is 7.73. The van der Waals surface area contributed by atoms with Gasteiger partial charge in [-0.05, 0) is 48.2 Å². The van der Waals surface area contributed by atoms with Gasteiger partial charge in [-0.15, -0.1) is 0 Å². The van der Waals surface area contributed by atoms with Crippen LogP contribution in [0, 0.1) is 11.2 Å². The standard InChI is InChI=1S/C26H24FN7O/c1-29-19-8-14(27)7-17-16(19)10-21-23(17)24(34-12-26(13-34)5-4-22(26)28)33-25(32-21)35-15-9-20-18(31-11-15)3-2-6-30-20/h2-3,6-9,11,22,29H,4-5,10,12-13,28H2,1H3. The molecule has 1 atom stereocenters. The molecular formula is C26H24FN7O. The Morgan fingerprint density at radius 3 is 2.83 bits per heavy atom. The van der Waals surface area contributed by atoms with Gasteiger partial charge >= 0.3 is 6.01 Å². The van der Waals surface area contributed by atoms with E-state index in [4.69, 9.17) is 20.4 Å². The van der Waals surface area contributed by atoms with Crippen molar-refractivity contribution in [3.63, 3.8) is 0 Å². The highest BCUT2D eigenvalue weighted by molar-refractivity contribution is 5.88. The fourth-order valence-corrected chi connectivity index (χ4v) is 5.66. The van der Waals surface area contributed by atoms with Crippen molar-refractivity contribution >= 4 is 22.5 Å². The summed E-state index contributed by atoms with van der Waals surface area (Å²) in [5.74, 6) is 0.997. The summed E-state index contributed by atoms with van der Waals surface area (Å²) in [7, 11) is 1.80. The predicted molar refractivity (Wildman–Crippen MR) is 131 cm³/mol. The maximum Gasteiger partial charge on any atom is 0.324 e. The van der Waals surface area contributed by atoms with E-state index in [9.17, 15) is 4.39 Å². The van der Waals surface area contributed by atoms with Gasteiger partial charge in [-0.25, -0.2) is 4.39 Å². The van der Waals surface area contributed by atoms with E-state index in [1.807, 2.05) is 18.2 Å². The maximum absolute atomic E-state index is 14.5. The molecule has 176 valence electrons. The van der Waals surface area contributed by atoms with E-state index in [-0.39, 0.29) is 23.3 Å². The van der Waals surface area contributed by atoms with Gasteiger partial charge in [0.25, 0.3) is 0 Å². The Labute approximate surface area is 201 Å². The highest BCUT2D eigenvalue weighted by Crippen LogP contribution is 2.52. The van der Waals surface area contributed by atoms with Crippen LogP contribution in [0.1, 0.15) is 24.1 Å². The Bertz CT molecular complexity index is 1500. The van der Waals surface area contributed by atoms with Gasteiger partial charge in [-0.2, -0.15) is 9.97 Å². The number of benzene rings is 1. The minimum absolute atomic E-state index is 0.159. The summed E-state index contributed by atoms with van der Waals surface area (Å²) in [6.45, 7) is 1.67. The van der Waals surface area contributed by atoms with Crippen LogP contribution in [0.5, 0.6) is 11.8 Å². The van der Waals surface area contributed by atoms with E-state index in [1.54, 1.807) is 25.5 Å². The number of halogens is 1. The molecule has 1 saturated heterocycles. The van der Waals surface area contributed by atoms with Crippen molar-refractivity contribution in [2.75, 3.05) is 30.4 Å². The summed E-state index contributed by atoms with van der Waals surface area (Å²) < 4.78 is 20.6. The quantitative estimate of drug-likeness (QED) is 0.409. The average molecular weight is 470 g/mol. The number of fused-ring (bicyclic) bond motifs is 4. The number of ether oxygens (including phenoxy) is 1. The summed E-state index contributed by atoms with van der Waals surface area (Å²) >= 11 is 0. The zero-order valence-electron chi connectivity index (χ0n) is 19.3. The van der Waals surface area contributed by atoms with Gasteiger partial charge in [-0.1, -0.05) is 0 Å². The largest absolute Gasteiger partial charge is 0.423 e. The molecule has 3 aromatic heterocycles. The molecule has 7 rings (SSSR count). The molecule has 4 aromatic rings. The SMILES string of the molecule is CNc1cc(F)cc2c1Cc1nc(Oc3cnc4cccnc4c3)nc(N3CC4(CCC4N)C3)c1-2. The van der Waals surface area contributed by atoms with Crippen molar-refractivity contribution in [1.82, 2.24) is 19.9 Å². The molecule has 9 heteroatoms. The fourth-order valence-electron chi connectivity index (χ4n) is 5.66. The molecule has 3 N–H and O–H groups in total. The number of pyridine rings is 2. The smallest absolute Gasteiger partial charge is 0.324 e. The van der Waals surface area contributed by atoms with Crippen LogP contribution in [0.3, 0.4) is 0 Å². The number of nitrogens with zero attached hydrogens (tertiary/aromatic N) is 5. The van der Waals surface area contributed by atoms with E-state index in [0.29, 0.717) is 12.2 Å². The van der Waals surface area contributed by atoms with Gasteiger partial charge in [0, 0.05) is 61.5 Å². The van der Waals surface area contributed by atoms with E-state index >= 15 is 0 Å². The third kappa shape index (κ3) is 3.07. The van der Waals surface area contributed by atoms with Crippen molar-refractivity contribution in [1.29, 1.82) is 0 Å². The molecule has 8 nitrogen and oxygen atoms in total. The van der Waals surface area contributed by atoms with Crippen LogP contribution in [0.15, 0.2) is 42.7 Å². The summed E-state index contributed by atoms with van der Waals surface area (Å²) in [6.07, 6.45) is 6.13. The predicted octanol–water partition coefficient (Wildman–Crippen LogP) is 3.89. The number of nitrogens with one attached hydrogen (secondary N) is 1. The third-order valence-electron chi connectivity index (χ3n) is 7.73. The molecule has 2 fully saturated rings. The number of hydrogen-bond acceptors (Lipinski definition) is 8. The molecule has 0 bridgehead atoms. The molecule has 2 aliphatic carbocycles. The minimum atomic E-state index is -0.289. The Balaban J connectivity index is 1.31. The van der Waals surface area contributed by atoms with Gasteiger partial charge in [0.15, 0.2) is 5.75 Å². The van der Waals surface area contributed by atoms with Gasteiger partial charge in [0.1, 0.15) is 11.6 Å². The van der Waals surface area contributed by atoms with Crippen LogP contribution in [-0.4, -0.2) is 46.1 Å². The van der Waals surface area contributed by atoms with Crippen LogP contribution in [-0.2, 0) is 6.42 Å². The molecule has 3 aliphatic rings. The van der Waals surface area contributed by atoms with Gasteiger partial charge in [0.05, 0.1) is 22.9 Å². The Hall–Kier alpha value is -3.85. The van der Waals surface area contributed by atoms with E-state index in [0.717, 1.165) is 70.9 Å². The average Bonchev–Trinajstić information content (AvgIpc) is 3.20. The van der Waals surface area contributed by atoms with Crippen LogP contribution in [0.4, 0.5) is 15.9 Å². The normalized spacial score (nSPS) is 19.2. The van der Waals surface area contributed by atoms with Crippen molar-refractivity contribution in [3.8, 4) is 22.9 Å². The van der Waals surface area contributed by atoms with Gasteiger partial charge in [0.2, 0.25) is 0 Å². The molecule has 1 spiro atoms. The first-order valence-electron chi connectivity index (χ1n) is 11.8. The molecule has 0 radical (unpaired) electrons. The van der Waals surface area contributed by atoms with Crippen molar-refractivity contribution in [2.45, 2.75) is 25.3 Å². The summed E-state index contributed by atoms with van der Waals surface area (Å²) in [6, 6.07) is 9.15. The van der Waals surface area contributed by atoms with Crippen LogP contribution >= 0.6 is 0 Å². The molecule has 1 saturated carbocycles. The van der Waals surface area contributed by atoms with Gasteiger partial charge in [-0.3, -0.25) is 9.97 Å². The molecule has 0 amide bonds. The minimum Gasteiger partial charge on any atom is -0.423 e. The molecule has 1 aromatic carbocycles. The second-order valence-electron chi connectivity index (χ2n) is 9.74. The lowest BCUT2D eigenvalue weighted by molar-refractivity contribution is 0.0558. The summed E-state index contributed by atoms with van der Waals surface area (Å²) in [5, 5.41) is 3.12. The second kappa shape index (κ2) is 7.32. The summed E-state index contributed by atoms with van der Waals surface area (Å²) in [5.41, 5.74) is 12.3. The zero-order chi connectivity index (χ0) is 23.7. The Morgan fingerprint density at radius 2 is 2.06 bits per heavy atom. The van der Waals surface area contributed by atoms with E-state index in [1.165, 1.54) is 6.07 Å². The highest BCUT2D eigenvalue weighted by atomic mass is 19.1. The van der Waals surface area contributed by atoms with Crippen LogP contribution < -0.4 is 20.7 Å². The highest BCUT2D eigenvalue weighted by Gasteiger charge is 2.54. The lowest BCUT2D eigenvalue weighted by atomic mass is 9.60. The second-order valence-corrected chi connectivity index (χ2v) is 9.74. The van der Waals surface area contributed by atoms with Crippen LogP contribution in [0.2, 0.25) is 0 Å². The van der Waals surface area contributed by atoms with Crippen molar-refractivity contribution in [2.24, 2.45) is 11.1 Å². The van der Waals surface area contributed by atoms with Crippen LogP contribution in [0.25, 0.3) is 22.2 Å². The van der Waals surface area contributed by atoms with Crippen molar-refractivity contribution < 1.29 is 9.13 Å². The molecular weight excluding hydrogens is 445 g/mol. The lowest BCUT2D eigenvalue weighted by Crippen LogP contribution is -2.69. The lowest BCUT2D eigenvalue weighted by Gasteiger charge is -2.60. The fraction of sp³-hybridized carbons (Fsp3) is 0.308. The number of nitrogens with two attached hydrogens (primary N) is 1. The molecule has 1 unspecified atom stereocenters. The topological polar surface area (TPSA) is 102 Å². The van der Waals surface area contributed by atoms with Crippen molar-refractivity contribution in [3.05, 3.63) is 59.8 Å². The molecule has 1 aliphatic heterocycles. The number of rotatable bonds is 4. The zero-order valence-corrected chi connectivity index (χ0v) is 19.3. The van der Waals surface area contributed by atoms with E-state index < -0.39 is 0 Å². The van der Waals surface area contributed by atoms with E-state index in [2.05, 4.69) is 20.2 Å². The first-order chi connectivity index (χ1) is 17.0. The molecule has 4 heterocycles. The molecule has 35 heavy (non-hydrogen) atoms. The monoisotopic (exact) mass is 469 g/mol. The Kier molecular flexibility index (Phi) is 4.29. The first kappa shape index (κ1) is 20.5. The number of hydrogen-bond donors (Lipinski definition) is 2. The first-order valence-corrected chi connectivity index (χ1v) is 11.8. The number of anilines is 2. The maximum atomic E-state index is 14.5. The summed E-state index contributed by atoms with van der Waals surface area (Å²) in [4.78, 5) is 20.6. The number of aromatic nitrogens is 4. The van der Waals surface area contributed by atoms with Gasteiger partial charge < -0.3 is 20.7 Å². The Morgan fingerprint density at radius 1 is 1.17 bits per heavy atom.